The van der Waals surface area contributed by atoms with Crippen LogP contribution in [-0.2, 0) is 11.3 Å². The Morgan fingerprint density at radius 1 is 1.61 bits per heavy atom. The SMILES string of the molecule is CC1COCCN1Cc1ccc(F)cc1C(N)=S. The molecule has 1 fully saturated rings. The Kier molecular flexibility index (Phi) is 4.27. The lowest BCUT2D eigenvalue weighted by molar-refractivity contribution is -0.00439. The van der Waals surface area contributed by atoms with E-state index in [0.717, 1.165) is 31.9 Å². The first-order valence-corrected chi connectivity index (χ1v) is 6.39. The topological polar surface area (TPSA) is 38.5 Å². The van der Waals surface area contributed by atoms with Crippen LogP contribution in [0, 0.1) is 5.82 Å². The molecular weight excluding hydrogens is 251 g/mol. The van der Waals surface area contributed by atoms with Gasteiger partial charge in [-0.15, -0.1) is 0 Å². The van der Waals surface area contributed by atoms with Gasteiger partial charge in [-0.2, -0.15) is 0 Å². The third kappa shape index (κ3) is 3.04. The van der Waals surface area contributed by atoms with Crippen molar-refractivity contribution in [1.29, 1.82) is 0 Å². The zero-order valence-electron chi connectivity index (χ0n) is 10.4. The van der Waals surface area contributed by atoms with Crippen LogP contribution in [0.25, 0.3) is 0 Å². The summed E-state index contributed by atoms with van der Waals surface area (Å²) < 4.78 is 18.6. The summed E-state index contributed by atoms with van der Waals surface area (Å²) in [5.41, 5.74) is 7.24. The number of nitrogens with zero attached hydrogens (tertiary/aromatic N) is 1. The summed E-state index contributed by atoms with van der Waals surface area (Å²) in [5.74, 6) is -0.309. The first-order chi connectivity index (χ1) is 8.58. The summed E-state index contributed by atoms with van der Waals surface area (Å²) in [5, 5.41) is 0. The molecule has 1 saturated heterocycles. The van der Waals surface area contributed by atoms with Crippen molar-refractivity contribution in [2.75, 3.05) is 19.8 Å². The van der Waals surface area contributed by atoms with Gasteiger partial charge in [0.05, 0.1) is 13.2 Å². The van der Waals surface area contributed by atoms with Crippen LogP contribution in [0.1, 0.15) is 18.1 Å². The van der Waals surface area contributed by atoms with Gasteiger partial charge in [0.1, 0.15) is 10.8 Å². The Bertz CT molecular complexity index is 453. The van der Waals surface area contributed by atoms with E-state index in [2.05, 4.69) is 11.8 Å². The zero-order valence-corrected chi connectivity index (χ0v) is 11.2. The summed E-state index contributed by atoms with van der Waals surface area (Å²) >= 11 is 4.97. The van der Waals surface area contributed by atoms with Crippen molar-refractivity contribution in [2.24, 2.45) is 5.73 Å². The van der Waals surface area contributed by atoms with Gasteiger partial charge in [-0.25, -0.2) is 4.39 Å². The maximum atomic E-state index is 13.2. The second-order valence-corrected chi connectivity index (χ2v) is 5.00. The molecule has 1 aliphatic heterocycles. The zero-order chi connectivity index (χ0) is 13.1. The molecule has 0 aromatic heterocycles. The minimum absolute atomic E-state index is 0.241. The van der Waals surface area contributed by atoms with Crippen LogP contribution < -0.4 is 5.73 Å². The molecule has 0 saturated carbocycles. The minimum Gasteiger partial charge on any atom is -0.389 e. The summed E-state index contributed by atoms with van der Waals surface area (Å²) in [6.07, 6.45) is 0. The Hall–Kier alpha value is -1.04. The molecule has 0 bridgehead atoms. The molecule has 0 aliphatic carbocycles. The normalized spacial score (nSPS) is 20.9. The average molecular weight is 268 g/mol. The minimum atomic E-state index is -0.309. The fourth-order valence-corrected chi connectivity index (χ4v) is 2.32. The summed E-state index contributed by atoms with van der Waals surface area (Å²) in [6, 6.07) is 4.96. The molecule has 1 atom stereocenters. The van der Waals surface area contributed by atoms with Crippen LogP contribution in [0.3, 0.4) is 0 Å². The van der Waals surface area contributed by atoms with E-state index < -0.39 is 0 Å². The first-order valence-electron chi connectivity index (χ1n) is 5.98. The molecule has 18 heavy (non-hydrogen) atoms. The molecule has 5 heteroatoms. The summed E-state index contributed by atoms with van der Waals surface area (Å²) in [6.45, 7) is 5.16. The van der Waals surface area contributed by atoms with Crippen LogP contribution in [-0.4, -0.2) is 35.7 Å². The number of nitrogens with two attached hydrogens (primary N) is 1. The third-order valence-corrected chi connectivity index (χ3v) is 3.44. The number of morpholine rings is 1. The lowest BCUT2D eigenvalue weighted by Gasteiger charge is -2.33. The van der Waals surface area contributed by atoms with Crippen molar-refractivity contribution in [3.8, 4) is 0 Å². The van der Waals surface area contributed by atoms with E-state index in [1.165, 1.54) is 12.1 Å². The molecule has 1 aromatic carbocycles. The standard InChI is InChI=1S/C13H17FN2OS/c1-9-8-17-5-4-16(9)7-10-2-3-11(14)6-12(10)13(15)18/h2-3,6,9H,4-5,7-8H2,1H3,(H2,15,18). The van der Waals surface area contributed by atoms with Crippen molar-refractivity contribution in [1.82, 2.24) is 4.90 Å². The van der Waals surface area contributed by atoms with E-state index in [4.69, 9.17) is 22.7 Å². The van der Waals surface area contributed by atoms with Crippen molar-refractivity contribution in [3.05, 3.63) is 35.1 Å². The van der Waals surface area contributed by atoms with Crippen LogP contribution in [0.4, 0.5) is 4.39 Å². The van der Waals surface area contributed by atoms with E-state index in [1.807, 2.05) is 0 Å². The number of hydrogen-bond donors (Lipinski definition) is 1. The van der Waals surface area contributed by atoms with Crippen molar-refractivity contribution in [3.63, 3.8) is 0 Å². The van der Waals surface area contributed by atoms with E-state index in [-0.39, 0.29) is 10.8 Å². The lowest BCUT2D eigenvalue weighted by atomic mass is 10.1. The maximum absolute atomic E-state index is 13.2. The van der Waals surface area contributed by atoms with E-state index in [9.17, 15) is 4.39 Å². The van der Waals surface area contributed by atoms with Crippen LogP contribution in [0.2, 0.25) is 0 Å². The highest BCUT2D eigenvalue weighted by Gasteiger charge is 2.20. The fourth-order valence-electron chi connectivity index (χ4n) is 2.13. The van der Waals surface area contributed by atoms with Crippen molar-refractivity contribution >= 4 is 17.2 Å². The molecular formula is C13H17FN2OS. The van der Waals surface area contributed by atoms with Crippen LogP contribution in [0.5, 0.6) is 0 Å². The highest BCUT2D eigenvalue weighted by molar-refractivity contribution is 7.80. The molecule has 1 aliphatic rings. The quantitative estimate of drug-likeness (QED) is 0.847. The second kappa shape index (κ2) is 5.73. The average Bonchev–Trinajstić information content (AvgIpc) is 2.34. The number of rotatable bonds is 3. The molecule has 2 rings (SSSR count). The lowest BCUT2D eigenvalue weighted by Crippen LogP contribution is -2.43. The van der Waals surface area contributed by atoms with Crippen molar-refractivity contribution < 1.29 is 9.13 Å². The number of benzene rings is 1. The van der Waals surface area contributed by atoms with Gasteiger partial charge in [-0.05, 0) is 24.6 Å². The molecule has 98 valence electrons. The second-order valence-electron chi connectivity index (χ2n) is 4.56. The molecule has 3 nitrogen and oxygen atoms in total. The van der Waals surface area contributed by atoms with Crippen LogP contribution >= 0.6 is 12.2 Å². The van der Waals surface area contributed by atoms with E-state index in [0.29, 0.717) is 11.6 Å². The van der Waals surface area contributed by atoms with Gasteiger partial charge < -0.3 is 10.5 Å². The predicted molar refractivity (Wildman–Crippen MR) is 73.0 cm³/mol. The Balaban J connectivity index is 2.20. The van der Waals surface area contributed by atoms with Gasteiger partial charge in [0.25, 0.3) is 0 Å². The van der Waals surface area contributed by atoms with Gasteiger partial charge in [0.15, 0.2) is 0 Å². The Morgan fingerprint density at radius 2 is 2.39 bits per heavy atom. The molecule has 1 unspecified atom stereocenters. The summed E-state index contributed by atoms with van der Waals surface area (Å²) in [7, 11) is 0. The predicted octanol–water partition coefficient (Wildman–Crippen LogP) is 1.68. The molecule has 0 amide bonds. The molecule has 1 aromatic rings. The van der Waals surface area contributed by atoms with Gasteiger partial charge in [0, 0.05) is 24.7 Å². The number of hydrogen-bond acceptors (Lipinski definition) is 3. The highest BCUT2D eigenvalue weighted by atomic mass is 32.1. The van der Waals surface area contributed by atoms with Gasteiger partial charge in [0.2, 0.25) is 0 Å². The largest absolute Gasteiger partial charge is 0.389 e. The Morgan fingerprint density at radius 3 is 3.06 bits per heavy atom. The number of halogens is 1. The highest BCUT2D eigenvalue weighted by Crippen LogP contribution is 2.17. The molecule has 0 radical (unpaired) electrons. The first kappa shape index (κ1) is 13.4. The number of ether oxygens (including phenoxy) is 1. The van der Waals surface area contributed by atoms with E-state index in [1.54, 1.807) is 6.07 Å². The third-order valence-electron chi connectivity index (χ3n) is 3.22. The number of thiocarbonyl (C=S) groups is 1. The molecule has 2 N–H and O–H groups in total. The maximum Gasteiger partial charge on any atom is 0.123 e. The van der Waals surface area contributed by atoms with Gasteiger partial charge in [-0.3, -0.25) is 4.90 Å². The Labute approximate surface area is 112 Å². The van der Waals surface area contributed by atoms with Gasteiger partial charge >= 0.3 is 0 Å². The smallest absolute Gasteiger partial charge is 0.123 e. The fraction of sp³-hybridized carbons (Fsp3) is 0.462. The summed E-state index contributed by atoms with van der Waals surface area (Å²) in [4.78, 5) is 2.53. The van der Waals surface area contributed by atoms with Crippen molar-refractivity contribution in [2.45, 2.75) is 19.5 Å². The molecule has 1 heterocycles. The monoisotopic (exact) mass is 268 g/mol. The van der Waals surface area contributed by atoms with Crippen LogP contribution in [0.15, 0.2) is 18.2 Å². The van der Waals surface area contributed by atoms with Gasteiger partial charge in [-0.1, -0.05) is 18.3 Å². The molecule has 0 spiro atoms. The van der Waals surface area contributed by atoms with E-state index >= 15 is 0 Å².